The van der Waals surface area contributed by atoms with Gasteiger partial charge < -0.3 is 14.8 Å². The van der Waals surface area contributed by atoms with Crippen LogP contribution >= 0.6 is 0 Å². The van der Waals surface area contributed by atoms with Crippen LogP contribution in [0.15, 0.2) is 30.3 Å². The van der Waals surface area contributed by atoms with E-state index >= 15 is 0 Å². The van der Waals surface area contributed by atoms with E-state index in [4.69, 9.17) is 9.47 Å². The maximum atomic E-state index is 5.59. The highest BCUT2D eigenvalue weighted by atomic mass is 16.5. The average molecular weight is 271 g/mol. The van der Waals surface area contributed by atoms with Crippen LogP contribution in [0, 0.1) is 0 Å². The van der Waals surface area contributed by atoms with E-state index in [0.29, 0.717) is 12.1 Å². The van der Waals surface area contributed by atoms with E-state index in [2.05, 4.69) is 30.4 Å². The van der Waals surface area contributed by atoms with Crippen LogP contribution in [-0.4, -0.2) is 20.3 Å². The lowest BCUT2D eigenvalue weighted by Crippen LogP contribution is -2.21. The van der Waals surface area contributed by atoms with Crippen molar-refractivity contribution >= 4 is 10.8 Å². The predicted octanol–water partition coefficient (Wildman–Crippen LogP) is 3.67. The highest BCUT2D eigenvalue weighted by Gasteiger charge is 2.24. The molecule has 1 N–H and O–H groups in total. The van der Waals surface area contributed by atoms with Gasteiger partial charge in [-0.25, -0.2) is 0 Å². The normalized spacial score (nSPS) is 22.1. The quantitative estimate of drug-likeness (QED) is 0.924. The van der Waals surface area contributed by atoms with Crippen LogP contribution < -0.4 is 14.8 Å². The third kappa shape index (κ3) is 2.34. The SMILES string of the molecule is COc1ccc2cc(C3CCC(C)N3)c(OC)cc2c1. The largest absolute Gasteiger partial charge is 0.497 e. The van der Waals surface area contributed by atoms with E-state index < -0.39 is 0 Å². The second-order valence-corrected chi connectivity index (χ2v) is 5.50. The molecule has 3 heteroatoms. The van der Waals surface area contributed by atoms with E-state index in [9.17, 15) is 0 Å². The molecular weight excluding hydrogens is 250 g/mol. The first-order valence-corrected chi connectivity index (χ1v) is 7.13. The van der Waals surface area contributed by atoms with Crippen LogP contribution in [0.3, 0.4) is 0 Å². The number of rotatable bonds is 3. The Morgan fingerprint density at radius 1 is 1.00 bits per heavy atom. The fraction of sp³-hybridized carbons (Fsp3) is 0.412. The zero-order chi connectivity index (χ0) is 14.1. The zero-order valence-electron chi connectivity index (χ0n) is 12.3. The van der Waals surface area contributed by atoms with Crippen molar-refractivity contribution in [3.63, 3.8) is 0 Å². The number of nitrogens with one attached hydrogen (secondary N) is 1. The van der Waals surface area contributed by atoms with Crippen LogP contribution in [0.4, 0.5) is 0 Å². The molecule has 20 heavy (non-hydrogen) atoms. The van der Waals surface area contributed by atoms with E-state index in [1.807, 2.05) is 12.1 Å². The highest BCUT2D eigenvalue weighted by Crippen LogP contribution is 2.36. The van der Waals surface area contributed by atoms with Gasteiger partial charge in [-0.05, 0) is 54.8 Å². The van der Waals surface area contributed by atoms with Crippen molar-refractivity contribution < 1.29 is 9.47 Å². The molecule has 0 saturated carbocycles. The number of hydrogen-bond acceptors (Lipinski definition) is 3. The molecule has 2 unspecified atom stereocenters. The summed E-state index contributed by atoms with van der Waals surface area (Å²) >= 11 is 0. The van der Waals surface area contributed by atoms with E-state index in [0.717, 1.165) is 16.9 Å². The van der Waals surface area contributed by atoms with Crippen molar-refractivity contribution in [3.05, 3.63) is 35.9 Å². The summed E-state index contributed by atoms with van der Waals surface area (Å²) in [6.45, 7) is 2.23. The van der Waals surface area contributed by atoms with Gasteiger partial charge in [-0.2, -0.15) is 0 Å². The molecule has 0 spiro atoms. The van der Waals surface area contributed by atoms with E-state index in [1.165, 1.54) is 23.8 Å². The van der Waals surface area contributed by atoms with Crippen LogP contribution in [0.2, 0.25) is 0 Å². The van der Waals surface area contributed by atoms with Gasteiger partial charge in [-0.15, -0.1) is 0 Å². The number of hydrogen-bond donors (Lipinski definition) is 1. The minimum Gasteiger partial charge on any atom is -0.497 e. The molecular formula is C17H21NO2. The molecule has 3 rings (SSSR count). The molecule has 0 radical (unpaired) electrons. The summed E-state index contributed by atoms with van der Waals surface area (Å²) in [5.74, 6) is 1.83. The topological polar surface area (TPSA) is 30.5 Å². The van der Waals surface area contributed by atoms with E-state index in [-0.39, 0.29) is 0 Å². The maximum absolute atomic E-state index is 5.59. The molecule has 1 saturated heterocycles. The summed E-state index contributed by atoms with van der Waals surface area (Å²) in [5, 5.41) is 6.00. The molecule has 0 aliphatic carbocycles. The number of methoxy groups -OCH3 is 2. The molecule has 0 bridgehead atoms. The number of ether oxygens (including phenoxy) is 2. The molecule has 0 amide bonds. The molecule has 106 valence electrons. The molecule has 2 aromatic carbocycles. The second kappa shape index (κ2) is 5.33. The summed E-state index contributed by atoms with van der Waals surface area (Å²) in [7, 11) is 3.43. The van der Waals surface area contributed by atoms with Crippen LogP contribution in [0.5, 0.6) is 11.5 Å². The third-order valence-corrected chi connectivity index (χ3v) is 4.15. The Morgan fingerprint density at radius 3 is 2.50 bits per heavy atom. The molecule has 1 aliphatic rings. The zero-order valence-corrected chi connectivity index (χ0v) is 12.3. The maximum Gasteiger partial charge on any atom is 0.124 e. The van der Waals surface area contributed by atoms with Crippen molar-refractivity contribution in [2.75, 3.05) is 14.2 Å². The highest BCUT2D eigenvalue weighted by molar-refractivity contribution is 5.86. The summed E-state index contributed by atoms with van der Waals surface area (Å²) in [4.78, 5) is 0. The molecule has 0 aromatic heterocycles. The Labute approximate surface area is 119 Å². The first kappa shape index (κ1) is 13.3. The fourth-order valence-corrected chi connectivity index (χ4v) is 3.02. The third-order valence-electron chi connectivity index (χ3n) is 4.15. The van der Waals surface area contributed by atoms with Crippen molar-refractivity contribution in [3.8, 4) is 11.5 Å². The second-order valence-electron chi connectivity index (χ2n) is 5.50. The summed E-state index contributed by atoms with van der Waals surface area (Å²) < 4.78 is 10.9. The number of fused-ring (bicyclic) bond motifs is 1. The lowest BCUT2D eigenvalue weighted by Gasteiger charge is -2.17. The summed E-state index contributed by atoms with van der Waals surface area (Å²) in [6.07, 6.45) is 2.38. The van der Waals surface area contributed by atoms with Crippen LogP contribution in [-0.2, 0) is 0 Å². The Balaban J connectivity index is 2.07. The summed E-state index contributed by atoms with van der Waals surface area (Å²) in [5.41, 5.74) is 1.26. The van der Waals surface area contributed by atoms with Gasteiger partial charge in [0.2, 0.25) is 0 Å². The van der Waals surface area contributed by atoms with Crippen LogP contribution in [0.1, 0.15) is 31.4 Å². The van der Waals surface area contributed by atoms with Gasteiger partial charge in [0.25, 0.3) is 0 Å². The van der Waals surface area contributed by atoms with Gasteiger partial charge >= 0.3 is 0 Å². The molecule has 2 atom stereocenters. The van der Waals surface area contributed by atoms with Crippen molar-refractivity contribution in [1.29, 1.82) is 0 Å². The standard InChI is InChI=1S/C17H21NO2/c1-11-4-7-16(18-11)15-9-12-5-6-14(19-2)8-13(12)10-17(15)20-3/h5-6,8-11,16,18H,4,7H2,1-3H3. The summed E-state index contributed by atoms with van der Waals surface area (Å²) in [6, 6.07) is 11.5. The van der Waals surface area contributed by atoms with Gasteiger partial charge in [-0.1, -0.05) is 6.07 Å². The predicted molar refractivity (Wildman–Crippen MR) is 81.6 cm³/mol. The first-order chi connectivity index (χ1) is 9.71. The van der Waals surface area contributed by atoms with Crippen molar-refractivity contribution in [2.24, 2.45) is 0 Å². The van der Waals surface area contributed by atoms with Gasteiger partial charge in [0.15, 0.2) is 0 Å². The number of benzene rings is 2. The Hall–Kier alpha value is -1.74. The van der Waals surface area contributed by atoms with Crippen molar-refractivity contribution in [2.45, 2.75) is 31.8 Å². The first-order valence-electron chi connectivity index (χ1n) is 7.13. The fourth-order valence-electron chi connectivity index (χ4n) is 3.02. The van der Waals surface area contributed by atoms with Gasteiger partial charge in [-0.3, -0.25) is 0 Å². The Morgan fingerprint density at radius 2 is 1.85 bits per heavy atom. The van der Waals surface area contributed by atoms with Gasteiger partial charge in [0.05, 0.1) is 14.2 Å². The minimum absolute atomic E-state index is 0.395. The smallest absolute Gasteiger partial charge is 0.124 e. The molecule has 3 nitrogen and oxygen atoms in total. The van der Waals surface area contributed by atoms with Gasteiger partial charge in [0.1, 0.15) is 11.5 Å². The lowest BCUT2D eigenvalue weighted by atomic mass is 9.99. The molecule has 1 fully saturated rings. The average Bonchev–Trinajstić information content (AvgIpc) is 2.91. The monoisotopic (exact) mass is 271 g/mol. The molecule has 1 heterocycles. The lowest BCUT2D eigenvalue weighted by molar-refractivity contribution is 0.403. The van der Waals surface area contributed by atoms with Gasteiger partial charge in [0, 0.05) is 17.6 Å². The van der Waals surface area contributed by atoms with Crippen molar-refractivity contribution in [1.82, 2.24) is 5.32 Å². The minimum atomic E-state index is 0.395. The Kier molecular flexibility index (Phi) is 3.53. The Bertz CT molecular complexity index is 624. The van der Waals surface area contributed by atoms with E-state index in [1.54, 1.807) is 14.2 Å². The molecule has 1 aliphatic heterocycles. The van der Waals surface area contributed by atoms with Crippen LogP contribution in [0.25, 0.3) is 10.8 Å². The molecule has 2 aromatic rings.